The fourth-order valence-corrected chi connectivity index (χ4v) is 3.00. The second-order valence-electron chi connectivity index (χ2n) is 5.60. The molecule has 0 unspecified atom stereocenters. The highest BCUT2D eigenvalue weighted by Gasteiger charge is 2.36. The number of carbonyl (C=O) groups is 1. The fraction of sp³-hybridized carbons (Fsp3) is 0.562. The molecule has 0 spiro atoms. The van der Waals surface area contributed by atoms with Gasteiger partial charge in [-0.05, 0) is 25.0 Å². The standard InChI is InChI=1S/C16H21NO4/c1-2-20-16(19)6-4-10-3-5-12-11(7-10)15-8-13(17-12)14(18)9-21-15/h3,5,7,13-15,17-18H,2,4,6,8-9H2,1H3/t13-,14+,15-/m1/s1. The molecule has 1 saturated heterocycles. The predicted octanol–water partition coefficient (Wildman–Crippen LogP) is 1.80. The maximum Gasteiger partial charge on any atom is 0.306 e. The highest BCUT2D eigenvalue weighted by Crippen LogP contribution is 2.39. The lowest BCUT2D eigenvalue weighted by atomic mass is 9.88. The van der Waals surface area contributed by atoms with E-state index in [0.717, 1.165) is 23.2 Å². The van der Waals surface area contributed by atoms with Gasteiger partial charge in [-0.15, -0.1) is 0 Å². The van der Waals surface area contributed by atoms with Crippen LogP contribution in [-0.2, 0) is 20.7 Å². The first-order valence-electron chi connectivity index (χ1n) is 7.52. The van der Waals surface area contributed by atoms with E-state index in [0.29, 0.717) is 26.1 Å². The van der Waals surface area contributed by atoms with Crippen LogP contribution >= 0.6 is 0 Å². The van der Waals surface area contributed by atoms with Gasteiger partial charge in [-0.2, -0.15) is 0 Å². The Morgan fingerprint density at radius 3 is 3.19 bits per heavy atom. The van der Waals surface area contributed by atoms with Crippen molar-refractivity contribution in [2.75, 3.05) is 18.5 Å². The number of rotatable bonds is 4. The molecule has 3 rings (SSSR count). The molecule has 2 aliphatic rings. The Hall–Kier alpha value is -1.59. The Morgan fingerprint density at radius 2 is 2.38 bits per heavy atom. The average Bonchev–Trinajstić information content (AvgIpc) is 2.49. The largest absolute Gasteiger partial charge is 0.466 e. The van der Waals surface area contributed by atoms with Crippen molar-refractivity contribution < 1.29 is 19.4 Å². The number of esters is 1. The number of fused-ring (bicyclic) bond motifs is 4. The highest BCUT2D eigenvalue weighted by atomic mass is 16.5. The zero-order valence-corrected chi connectivity index (χ0v) is 12.2. The van der Waals surface area contributed by atoms with Crippen LogP contribution in [0.5, 0.6) is 0 Å². The lowest BCUT2D eigenvalue weighted by Gasteiger charge is -2.40. The summed E-state index contributed by atoms with van der Waals surface area (Å²) in [7, 11) is 0. The van der Waals surface area contributed by atoms with Gasteiger partial charge in [-0.1, -0.05) is 12.1 Å². The molecule has 0 aromatic heterocycles. The van der Waals surface area contributed by atoms with E-state index in [4.69, 9.17) is 9.47 Å². The maximum atomic E-state index is 11.4. The molecule has 21 heavy (non-hydrogen) atoms. The van der Waals surface area contributed by atoms with E-state index in [9.17, 15) is 9.90 Å². The zero-order chi connectivity index (χ0) is 14.8. The summed E-state index contributed by atoms with van der Waals surface area (Å²) < 4.78 is 10.7. The van der Waals surface area contributed by atoms with E-state index in [1.807, 2.05) is 19.1 Å². The summed E-state index contributed by atoms with van der Waals surface area (Å²) in [5.41, 5.74) is 3.26. The Morgan fingerprint density at radius 1 is 1.52 bits per heavy atom. The molecule has 2 heterocycles. The van der Waals surface area contributed by atoms with Gasteiger partial charge in [0, 0.05) is 24.1 Å². The van der Waals surface area contributed by atoms with Crippen molar-refractivity contribution in [2.24, 2.45) is 0 Å². The van der Waals surface area contributed by atoms with Gasteiger partial charge in [0.2, 0.25) is 0 Å². The minimum atomic E-state index is -0.446. The molecule has 114 valence electrons. The number of aliphatic hydroxyl groups excluding tert-OH is 1. The minimum Gasteiger partial charge on any atom is -0.466 e. The molecule has 5 heteroatoms. The summed E-state index contributed by atoms with van der Waals surface area (Å²) in [4.78, 5) is 11.4. The molecule has 2 bridgehead atoms. The minimum absolute atomic E-state index is 0.0391. The zero-order valence-electron chi connectivity index (χ0n) is 12.2. The Kier molecular flexibility index (Phi) is 4.12. The van der Waals surface area contributed by atoms with Crippen molar-refractivity contribution in [3.63, 3.8) is 0 Å². The summed E-state index contributed by atoms with van der Waals surface area (Å²) in [6.45, 7) is 2.61. The fourth-order valence-electron chi connectivity index (χ4n) is 3.00. The number of carbonyl (C=O) groups excluding carboxylic acids is 1. The molecule has 1 aromatic carbocycles. The third-order valence-corrected chi connectivity index (χ3v) is 4.13. The Balaban J connectivity index is 1.71. The summed E-state index contributed by atoms with van der Waals surface area (Å²) >= 11 is 0. The Labute approximate surface area is 124 Å². The summed E-state index contributed by atoms with van der Waals surface area (Å²) in [5.74, 6) is -0.162. The number of ether oxygens (including phenoxy) is 2. The smallest absolute Gasteiger partial charge is 0.306 e. The summed E-state index contributed by atoms with van der Waals surface area (Å²) in [6, 6.07) is 6.19. The molecular formula is C16H21NO4. The second kappa shape index (κ2) is 6.03. The lowest BCUT2D eigenvalue weighted by Crippen LogP contribution is -2.45. The number of nitrogens with one attached hydrogen (secondary N) is 1. The number of hydrogen-bond donors (Lipinski definition) is 2. The molecule has 2 N–H and O–H groups in total. The third-order valence-electron chi connectivity index (χ3n) is 4.13. The number of anilines is 1. The number of aryl methyl sites for hydroxylation is 1. The number of aliphatic hydroxyl groups is 1. The van der Waals surface area contributed by atoms with E-state index < -0.39 is 6.10 Å². The van der Waals surface area contributed by atoms with Crippen LogP contribution in [0.1, 0.15) is 37.0 Å². The van der Waals surface area contributed by atoms with E-state index in [-0.39, 0.29) is 18.1 Å². The molecule has 5 nitrogen and oxygen atoms in total. The van der Waals surface area contributed by atoms with Gasteiger partial charge in [-0.25, -0.2) is 0 Å². The van der Waals surface area contributed by atoms with Crippen molar-refractivity contribution in [1.29, 1.82) is 0 Å². The van der Waals surface area contributed by atoms with Crippen LogP contribution in [0.4, 0.5) is 5.69 Å². The van der Waals surface area contributed by atoms with E-state index in [1.54, 1.807) is 0 Å². The maximum absolute atomic E-state index is 11.4. The van der Waals surface area contributed by atoms with Crippen LogP contribution in [0.25, 0.3) is 0 Å². The van der Waals surface area contributed by atoms with Crippen LogP contribution in [-0.4, -0.2) is 36.4 Å². The number of benzene rings is 1. The molecule has 0 aliphatic carbocycles. The van der Waals surface area contributed by atoms with E-state index in [1.165, 1.54) is 0 Å². The Bertz CT molecular complexity index is 531. The van der Waals surface area contributed by atoms with Gasteiger partial charge < -0.3 is 19.9 Å². The van der Waals surface area contributed by atoms with Gasteiger partial charge in [0.15, 0.2) is 0 Å². The van der Waals surface area contributed by atoms with Gasteiger partial charge in [-0.3, -0.25) is 4.79 Å². The monoisotopic (exact) mass is 291 g/mol. The molecule has 0 radical (unpaired) electrons. The summed E-state index contributed by atoms with van der Waals surface area (Å²) in [5, 5.41) is 13.2. The van der Waals surface area contributed by atoms with Crippen LogP contribution < -0.4 is 5.32 Å². The summed E-state index contributed by atoms with van der Waals surface area (Å²) in [6.07, 6.45) is 1.45. The van der Waals surface area contributed by atoms with Gasteiger partial charge in [0.05, 0.1) is 31.5 Å². The van der Waals surface area contributed by atoms with Gasteiger partial charge in [0.1, 0.15) is 0 Å². The third kappa shape index (κ3) is 3.04. The van der Waals surface area contributed by atoms with Crippen molar-refractivity contribution in [2.45, 2.75) is 44.4 Å². The first-order valence-corrected chi connectivity index (χ1v) is 7.52. The van der Waals surface area contributed by atoms with Gasteiger partial charge >= 0.3 is 5.97 Å². The second-order valence-corrected chi connectivity index (χ2v) is 5.60. The van der Waals surface area contributed by atoms with Crippen LogP contribution in [0, 0.1) is 0 Å². The van der Waals surface area contributed by atoms with E-state index in [2.05, 4.69) is 11.4 Å². The van der Waals surface area contributed by atoms with Crippen molar-refractivity contribution >= 4 is 11.7 Å². The van der Waals surface area contributed by atoms with Crippen LogP contribution in [0.2, 0.25) is 0 Å². The lowest BCUT2D eigenvalue weighted by molar-refractivity contribution is -0.143. The molecule has 3 atom stereocenters. The molecule has 2 aliphatic heterocycles. The van der Waals surface area contributed by atoms with E-state index >= 15 is 0 Å². The van der Waals surface area contributed by atoms with Crippen molar-refractivity contribution in [1.82, 2.24) is 0 Å². The molecule has 1 fully saturated rings. The SMILES string of the molecule is CCOC(=O)CCc1ccc2c(c1)[C@H]1C[C@@H](N2)[C@@H](O)CO1. The highest BCUT2D eigenvalue weighted by molar-refractivity contribution is 5.69. The van der Waals surface area contributed by atoms with Crippen LogP contribution in [0.15, 0.2) is 18.2 Å². The normalized spacial score (nSPS) is 26.7. The molecular weight excluding hydrogens is 270 g/mol. The van der Waals surface area contributed by atoms with Crippen LogP contribution in [0.3, 0.4) is 0 Å². The topological polar surface area (TPSA) is 67.8 Å². The van der Waals surface area contributed by atoms with Crippen molar-refractivity contribution in [3.05, 3.63) is 29.3 Å². The quantitative estimate of drug-likeness (QED) is 0.828. The number of hydrogen-bond acceptors (Lipinski definition) is 5. The predicted molar refractivity (Wildman–Crippen MR) is 78.1 cm³/mol. The molecule has 0 saturated carbocycles. The first-order chi connectivity index (χ1) is 10.2. The first kappa shape index (κ1) is 14.4. The van der Waals surface area contributed by atoms with Crippen molar-refractivity contribution in [3.8, 4) is 0 Å². The average molecular weight is 291 g/mol. The van der Waals surface area contributed by atoms with Gasteiger partial charge in [0.25, 0.3) is 0 Å². The molecule has 1 aromatic rings. The molecule has 0 amide bonds.